The Bertz CT molecular complexity index is 1110. The molecule has 30 heavy (non-hydrogen) atoms. The van der Waals surface area contributed by atoms with Crippen molar-refractivity contribution in [2.45, 2.75) is 18.6 Å². The van der Waals surface area contributed by atoms with Gasteiger partial charge in [-0.25, -0.2) is 0 Å². The van der Waals surface area contributed by atoms with Crippen LogP contribution in [0.25, 0.3) is 0 Å². The van der Waals surface area contributed by atoms with E-state index in [9.17, 15) is 25.0 Å². The van der Waals surface area contributed by atoms with Crippen LogP contribution in [0.4, 0.5) is 11.4 Å². The molecule has 2 aromatic carbocycles. The number of nitrogens with zero attached hydrogens (tertiary/aromatic N) is 3. The molecule has 1 saturated heterocycles. The lowest BCUT2D eigenvalue weighted by Crippen LogP contribution is -2.31. The molecule has 0 aromatic heterocycles. The van der Waals surface area contributed by atoms with Crippen LogP contribution in [0.5, 0.6) is 0 Å². The molecular weight excluding hydrogens is 404 g/mol. The second-order valence-electron chi connectivity index (χ2n) is 6.57. The Morgan fingerprint density at radius 3 is 2.67 bits per heavy atom. The lowest BCUT2D eigenvalue weighted by atomic mass is 10.1. The van der Waals surface area contributed by atoms with Gasteiger partial charge in [0.1, 0.15) is 16.7 Å². The first-order valence-corrected chi connectivity index (χ1v) is 9.91. The number of nitriles is 1. The third kappa shape index (κ3) is 4.04. The predicted molar refractivity (Wildman–Crippen MR) is 114 cm³/mol. The number of thioether (sulfide) groups is 1. The second kappa shape index (κ2) is 8.80. The maximum atomic E-state index is 13.3. The van der Waals surface area contributed by atoms with Crippen molar-refractivity contribution in [1.82, 2.24) is 5.32 Å². The Labute approximate surface area is 177 Å². The lowest BCUT2D eigenvalue weighted by molar-refractivity contribution is -0.384. The van der Waals surface area contributed by atoms with E-state index in [4.69, 9.17) is 0 Å². The van der Waals surface area contributed by atoms with Crippen LogP contribution in [0.2, 0.25) is 0 Å². The highest BCUT2D eigenvalue weighted by atomic mass is 32.2. The highest BCUT2D eigenvalue weighted by Gasteiger charge is 2.41. The van der Waals surface area contributed by atoms with Crippen LogP contribution in [0.3, 0.4) is 0 Å². The average molecular weight is 422 g/mol. The summed E-state index contributed by atoms with van der Waals surface area (Å²) in [5.74, 6) is -0.866. The van der Waals surface area contributed by atoms with Gasteiger partial charge in [0.05, 0.1) is 15.9 Å². The van der Waals surface area contributed by atoms with Crippen molar-refractivity contribution in [3.05, 3.63) is 80.4 Å². The predicted octanol–water partition coefficient (Wildman–Crippen LogP) is 3.08. The molecule has 2 aromatic rings. The molecule has 0 aliphatic carbocycles. The van der Waals surface area contributed by atoms with Crippen molar-refractivity contribution in [3.63, 3.8) is 0 Å². The van der Waals surface area contributed by atoms with Crippen molar-refractivity contribution >= 4 is 35.0 Å². The third-order valence-corrected chi connectivity index (χ3v) is 5.89. The van der Waals surface area contributed by atoms with Gasteiger partial charge < -0.3 is 5.32 Å². The Morgan fingerprint density at radius 1 is 1.30 bits per heavy atom. The lowest BCUT2D eigenvalue weighted by Gasteiger charge is -2.20. The minimum absolute atomic E-state index is 0.0578. The molecule has 1 aliphatic heterocycles. The number of amides is 2. The van der Waals surface area contributed by atoms with E-state index >= 15 is 0 Å². The molecular formula is C21H18N4O4S. The van der Waals surface area contributed by atoms with Gasteiger partial charge in [0.25, 0.3) is 11.6 Å². The number of hydrogen-bond acceptors (Lipinski definition) is 6. The van der Waals surface area contributed by atoms with Crippen LogP contribution in [-0.4, -0.2) is 29.0 Å². The molecule has 1 aliphatic rings. The molecule has 2 amide bonds. The Hall–Kier alpha value is -3.64. The molecule has 1 atom stereocenters. The first-order chi connectivity index (χ1) is 14.4. The summed E-state index contributed by atoms with van der Waals surface area (Å²) in [6, 6.07) is 15.2. The molecule has 0 bridgehead atoms. The maximum absolute atomic E-state index is 13.3. The third-order valence-electron chi connectivity index (χ3n) is 4.63. The van der Waals surface area contributed by atoms with Gasteiger partial charge >= 0.3 is 0 Å². The standard InChI is InChI=1S/C21H18N4O4S/c1-13-6-3-4-9-17(13)24-20(27)18(30-21(24)16(12-22)19(26)23-2)11-14-7-5-8-15(10-14)25(28)29/h3-10,18H,11H2,1-2H3,(H,23,26)/b21-16-/t18-/m0/s1. The number of hydrogen-bond donors (Lipinski definition) is 1. The number of nitro benzene ring substituents is 1. The summed E-state index contributed by atoms with van der Waals surface area (Å²) in [6.45, 7) is 1.84. The molecule has 8 nitrogen and oxygen atoms in total. The number of likely N-dealkylation sites (N-methyl/N-ethyl adjacent to an activating group) is 1. The molecule has 0 radical (unpaired) electrons. The monoisotopic (exact) mass is 422 g/mol. The van der Waals surface area contributed by atoms with E-state index in [2.05, 4.69) is 5.32 Å². The van der Waals surface area contributed by atoms with Crippen LogP contribution in [0, 0.1) is 28.4 Å². The largest absolute Gasteiger partial charge is 0.354 e. The number of carbonyl (C=O) groups is 2. The van der Waals surface area contributed by atoms with Crippen LogP contribution in [0.1, 0.15) is 11.1 Å². The van der Waals surface area contributed by atoms with Gasteiger partial charge in [-0.05, 0) is 30.5 Å². The van der Waals surface area contributed by atoms with Crippen molar-refractivity contribution in [2.75, 3.05) is 11.9 Å². The first-order valence-electron chi connectivity index (χ1n) is 9.03. The number of carbonyl (C=O) groups excluding carboxylic acids is 2. The number of benzene rings is 2. The fraction of sp³-hybridized carbons (Fsp3) is 0.190. The SMILES string of the molecule is CNC(=O)/C(C#N)=C1\S[C@@H](Cc2cccc([N+](=O)[O-])c2)C(=O)N1c1ccccc1C. The van der Waals surface area contributed by atoms with E-state index in [1.165, 1.54) is 24.1 Å². The number of nitro groups is 1. The minimum atomic E-state index is -0.630. The quantitative estimate of drug-likeness (QED) is 0.343. The fourth-order valence-electron chi connectivity index (χ4n) is 3.16. The highest BCUT2D eigenvalue weighted by Crippen LogP contribution is 2.42. The van der Waals surface area contributed by atoms with Crippen LogP contribution in [-0.2, 0) is 16.0 Å². The van der Waals surface area contributed by atoms with E-state index in [0.717, 1.165) is 17.3 Å². The number of aryl methyl sites for hydroxylation is 1. The van der Waals surface area contributed by atoms with Gasteiger partial charge in [0.2, 0.25) is 5.91 Å². The van der Waals surface area contributed by atoms with Crippen molar-refractivity contribution in [3.8, 4) is 6.07 Å². The molecule has 0 unspecified atom stereocenters. The van der Waals surface area contributed by atoms with Crippen LogP contribution in [0.15, 0.2) is 59.1 Å². The summed E-state index contributed by atoms with van der Waals surface area (Å²) >= 11 is 1.12. The molecule has 1 N–H and O–H groups in total. The summed E-state index contributed by atoms with van der Waals surface area (Å²) in [7, 11) is 1.42. The summed E-state index contributed by atoms with van der Waals surface area (Å²) in [6.07, 6.45) is 0.226. The molecule has 3 rings (SSSR count). The first kappa shape index (κ1) is 21.1. The molecule has 0 saturated carbocycles. The molecule has 0 spiro atoms. The summed E-state index contributed by atoms with van der Waals surface area (Å²) in [5, 5.41) is 22.7. The number of anilines is 1. The van der Waals surface area contributed by atoms with E-state index in [0.29, 0.717) is 11.3 Å². The van der Waals surface area contributed by atoms with E-state index < -0.39 is 16.1 Å². The van der Waals surface area contributed by atoms with E-state index in [-0.39, 0.29) is 28.6 Å². The van der Waals surface area contributed by atoms with Gasteiger partial charge in [-0.2, -0.15) is 5.26 Å². The fourth-order valence-corrected chi connectivity index (χ4v) is 4.46. The summed E-state index contributed by atoms with van der Waals surface area (Å²) < 4.78 is 0. The number of rotatable bonds is 5. The highest BCUT2D eigenvalue weighted by molar-refractivity contribution is 8.05. The number of non-ortho nitro benzene ring substituents is 1. The summed E-state index contributed by atoms with van der Waals surface area (Å²) in [5.41, 5.74) is 1.81. The smallest absolute Gasteiger partial charge is 0.269 e. The van der Waals surface area contributed by atoms with Gasteiger partial charge in [-0.3, -0.25) is 24.6 Å². The zero-order valence-corrected chi connectivity index (χ0v) is 17.1. The number of nitrogens with one attached hydrogen (secondary N) is 1. The molecule has 152 valence electrons. The van der Waals surface area contributed by atoms with Gasteiger partial charge in [-0.15, -0.1) is 0 Å². The van der Waals surface area contributed by atoms with Crippen molar-refractivity contribution in [2.24, 2.45) is 0 Å². The van der Waals surface area contributed by atoms with Gasteiger partial charge in [-0.1, -0.05) is 42.1 Å². The molecule has 1 heterocycles. The average Bonchev–Trinajstić information content (AvgIpc) is 3.04. The molecule has 9 heteroatoms. The van der Waals surface area contributed by atoms with Crippen molar-refractivity contribution < 1.29 is 14.5 Å². The Morgan fingerprint density at radius 2 is 2.03 bits per heavy atom. The molecule has 1 fully saturated rings. The topological polar surface area (TPSA) is 116 Å². The zero-order chi connectivity index (χ0) is 21.8. The Kier molecular flexibility index (Phi) is 6.18. The maximum Gasteiger partial charge on any atom is 0.269 e. The van der Waals surface area contributed by atoms with Gasteiger partial charge in [0.15, 0.2) is 0 Å². The van der Waals surface area contributed by atoms with Crippen LogP contribution >= 0.6 is 11.8 Å². The second-order valence-corrected chi connectivity index (χ2v) is 7.76. The normalized spacial score (nSPS) is 17.4. The van der Waals surface area contributed by atoms with E-state index in [1.54, 1.807) is 24.3 Å². The van der Waals surface area contributed by atoms with Crippen LogP contribution < -0.4 is 10.2 Å². The van der Waals surface area contributed by atoms with E-state index in [1.807, 2.05) is 25.1 Å². The number of para-hydroxylation sites is 1. The minimum Gasteiger partial charge on any atom is -0.354 e. The Balaban J connectivity index is 2.06. The zero-order valence-electron chi connectivity index (χ0n) is 16.3. The summed E-state index contributed by atoms with van der Waals surface area (Å²) in [4.78, 5) is 37.5. The van der Waals surface area contributed by atoms with Gasteiger partial charge in [0, 0.05) is 19.2 Å². The van der Waals surface area contributed by atoms with Crippen molar-refractivity contribution in [1.29, 1.82) is 5.26 Å².